The Balaban J connectivity index is 2.18. The zero-order chi connectivity index (χ0) is 14.7. The predicted octanol–water partition coefficient (Wildman–Crippen LogP) is 3.65. The standard InChI is InChI=1S/C15H14ClFN2O/c1-9-2-3-10(15(18)19)6-14(9)20-8-11-4-5-12(16)7-13(11)17/h2-7H,8H2,1H3,(H3,18,19). The highest BCUT2D eigenvalue weighted by Gasteiger charge is 2.07. The highest BCUT2D eigenvalue weighted by atomic mass is 35.5. The molecule has 0 bridgehead atoms. The second-order valence-electron chi connectivity index (χ2n) is 4.42. The summed E-state index contributed by atoms with van der Waals surface area (Å²) in [4.78, 5) is 0. The second kappa shape index (κ2) is 5.92. The lowest BCUT2D eigenvalue weighted by molar-refractivity contribution is 0.298. The molecule has 104 valence electrons. The van der Waals surface area contributed by atoms with Crippen LogP contribution in [-0.4, -0.2) is 5.84 Å². The van der Waals surface area contributed by atoms with Crippen LogP contribution < -0.4 is 10.5 Å². The van der Waals surface area contributed by atoms with Crippen molar-refractivity contribution in [3.63, 3.8) is 0 Å². The number of hydrogen-bond acceptors (Lipinski definition) is 2. The molecule has 3 nitrogen and oxygen atoms in total. The molecule has 0 spiro atoms. The van der Waals surface area contributed by atoms with E-state index in [0.717, 1.165) is 5.56 Å². The first-order valence-corrected chi connectivity index (χ1v) is 6.37. The van der Waals surface area contributed by atoms with Gasteiger partial charge in [0.15, 0.2) is 0 Å². The molecule has 0 aliphatic rings. The van der Waals surface area contributed by atoms with Crippen molar-refractivity contribution in [2.45, 2.75) is 13.5 Å². The van der Waals surface area contributed by atoms with Gasteiger partial charge in [-0.2, -0.15) is 0 Å². The molecule has 0 saturated heterocycles. The quantitative estimate of drug-likeness (QED) is 0.667. The fourth-order valence-corrected chi connectivity index (χ4v) is 1.88. The normalized spacial score (nSPS) is 10.3. The highest BCUT2D eigenvalue weighted by molar-refractivity contribution is 6.30. The lowest BCUT2D eigenvalue weighted by Crippen LogP contribution is -2.11. The van der Waals surface area contributed by atoms with E-state index >= 15 is 0 Å². The lowest BCUT2D eigenvalue weighted by Gasteiger charge is -2.11. The molecule has 0 heterocycles. The van der Waals surface area contributed by atoms with Gasteiger partial charge in [-0.05, 0) is 30.7 Å². The van der Waals surface area contributed by atoms with E-state index in [1.54, 1.807) is 24.3 Å². The summed E-state index contributed by atoms with van der Waals surface area (Å²) < 4.78 is 19.2. The average molecular weight is 293 g/mol. The van der Waals surface area contributed by atoms with Crippen LogP contribution >= 0.6 is 11.6 Å². The van der Waals surface area contributed by atoms with E-state index < -0.39 is 5.82 Å². The molecule has 0 aromatic heterocycles. The van der Waals surface area contributed by atoms with Crippen molar-refractivity contribution in [2.75, 3.05) is 0 Å². The van der Waals surface area contributed by atoms with Crippen LogP contribution in [0.25, 0.3) is 0 Å². The summed E-state index contributed by atoms with van der Waals surface area (Å²) in [5.74, 6) is 0.137. The molecule has 20 heavy (non-hydrogen) atoms. The maximum Gasteiger partial charge on any atom is 0.131 e. The minimum absolute atomic E-state index is 0.0347. The average Bonchev–Trinajstić information content (AvgIpc) is 2.39. The molecule has 0 atom stereocenters. The summed E-state index contributed by atoms with van der Waals surface area (Å²) in [6.45, 7) is 1.96. The van der Waals surface area contributed by atoms with Gasteiger partial charge in [0.25, 0.3) is 0 Å². The Kier molecular flexibility index (Phi) is 4.25. The molecule has 0 unspecified atom stereocenters. The highest BCUT2D eigenvalue weighted by Crippen LogP contribution is 2.22. The number of rotatable bonds is 4. The monoisotopic (exact) mass is 292 g/mol. The SMILES string of the molecule is Cc1ccc(C(=N)N)cc1OCc1ccc(Cl)cc1F. The lowest BCUT2D eigenvalue weighted by atomic mass is 10.1. The third-order valence-electron chi connectivity index (χ3n) is 2.90. The molecule has 5 heteroatoms. The number of aryl methyl sites for hydroxylation is 1. The summed E-state index contributed by atoms with van der Waals surface area (Å²) in [5, 5.41) is 7.75. The zero-order valence-electron chi connectivity index (χ0n) is 10.9. The molecule has 0 fully saturated rings. The predicted molar refractivity (Wildman–Crippen MR) is 77.9 cm³/mol. The van der Waals surface area contributed by atoms with E-state index in [1.165, 1.54) is 6.07 Å². The first kappa shape index (κ1) is 14.3. The van der Waals surface area contributed by atoms with Crippen molar-refractivity contribution < 1.29 is 9.13 Å². The minimum Gasteiger partial charge on any atom is -0.489 e. The maximum atomic E-state index is 13.6. The van der Waals surface area contributed by atoms with Gasteiger partial charge in [-0.25, -0.2) is 4.39 Å². The summed E-state index contributed by atoms with van der Waals surface area (Å²) in [6.07, 6.45) is 0. The van der Waals surface area contributed by atoms with E-state index in [0.29, 0.717) is 21.9 Å². The Morgan fingerprint density at radius 1 is 1.30 bits per heavy atom. The van der Waals surface area contributed by atoms with Gasteiger partial charge in [-0.3, -0.25) is 5.41 Å². The molecule has 0 saturated carbocycles. The molecular weight excluding hydrogens is 279 g/mol. The number of halogens is 2. The summed E-state index contributed by atoms with van der Waals surface area (Å²) in [5.41, 5.74) is 7.32. The summed E-state index contributed by atoms with van der Waals surface area (Å²) in [6, 6.07) is 9.67. The molecule has 0 amide bonds. The number of nitrogen functional groups attached to an aromatic ring is 1. The molecule has 2 aromatic rings. The number of hydrogen-bond donors (Lipinski definition) is 2. The zero-order valence-corrected chi connectivity index (χ0v) is 11.7. The van der Waals surface area contributed by atoms with Crippen LogP contribution in [-0.2, 0) is 6.61 Å². The van der Waals surface area contributed by atoms with E-state index in [9.17, 15) is 4.39 Å². The molecule has 3 N–H and O–H groups in total. The van der Waals surface area contributed by atoms with E-state index in [2.05, 4.69) is 0 Å². The largest absolute Gasteiger partial charge is 0.489 e. The fourth-order valence-electron chi connectivity index (χ4n) is 1.72. The van der Waals surface area contributed by atoms with Crippen LogP contribution in [0.4, 0.5) is 4.39 Å². The van der Waals surface area contributed by atoms with Gasteiger partial charge in [0, 0.05) is 16.1 Å². The van der Waals surface area contributed by atoms with Crippen LogP contribution in [0.3, 0.4) is 0 Å². The smallest absolute Gasteiger partial charge is 0.131 e. The number of nitrogens with two attached hydrogens (primary N) is 1. The van der Waals surface area contributed by atoms with Crippen molar-refractivity contribution in [1.82, 2.24) is 0 Å². The minimum atomic E-state index is -0.405. The van der Waals surface area contributed by atoms with E-state index in [-0.39, 0.29) is 12.4 Å². The van der Waals surface area contributed by atoms with Crippen LogP contribution in [0.2, 0.25) is 5.02 Å². The third kappa shape index (κ3) is 3.27. The first-order chi connectivity index (χ1) is 9.47. The van der Waals surface area contributed by atoms with Crippen molar-refractivity contribution in [3.05, 3.63) is 63.9 Å². The van der Waals surface area contributed by atoms with Crippen molar-refractivity contribution >= 4 is 17.4 Å². The second-order valence-corrected chi connectivity index (χ2v) is 4.85. The molecular formula is C15H14ClFN2O. The molecule has 2 rings (SSSR count). The van der Waals surface area contributed by atoms with E-state index in [1.807, 2.05) is 13.0 Å². The van der Waals surface area contributed by atoms with Gasteiger partial charge in [0.2, 0.25) is 0 Å². The Morgan fingerprint density at radius 2 is 2.05 bits per heavy atom. The van der Waals surface area contributed by atoms with E-state index in [4.69, 9.17) is 27.5 Å². The Hall–Kier alpha value is -2.07. The van der Waals surface area contributed by atoms with Gasteiger partial charge in [-0.1, -0.05) is 29.8 Å². The van der Waals surface area contributed by atoms with Gasteiger partial charge in [0.05, 0.1) is 0 Å². The molecule has 2 aromatic carbocycles. The van der Waals surface area contributed by atoms with Crippen LogP contribution in [0.1, 0.15) is 16.7 Å². The van der Waals surface area contributed by atoms with Crippen LogP contribution in [0.5, 0.6) is 5.75 Å². The topological polar surface area (TPSA) is 59.1 Å². The number of ether oxygens (including phenoxy) is 1. The molecule has 0 aliphatic carbocycles. The fraction of sp³-hybridized carbons (Fsp3) is 0.133. The van der Waals surface area contributed by atoms with Crippen molar-refractivity contribution in [3.8, 4) is 5.75 Å². The van der Waals surface area contributed by atoms with Gasteiger partial charge < -0.3 is 10.5 Å². The molecule has 0 aliphatic heterocycles. The maximum absolute atomic E-state index is 13.6. The Bertz CT molecular complexity index is 658. The van der Waals surface area contributed by atoms with Gasteiger partial charge in [-0.15, -0.1) is 0 Å². The molecule has 0 radical (unpaired) electrons. The number of nitrogens with one attached hydrogen (secondary N) is 1. The van der Waals surface area contributed by atoms with Gasteiger partial charge in [0.1, 0.15) is 24.0 Å². The third-order valence-corrected chi connectivity index (χ3v) is 3.13. The number of benzene rings is 2. The summed E-state index contributed by atoms with van der Waals surface area (Å²) >= 11 is 5.70. The van der Waals surface area contributed by atoms with Crippen molar-refractivity contribution in [1.29, 1.82) is 5.41 Å². The number of amidine groups is 1. The Morgan fingerprint density at radius 3 is 2.70 bits per heavy atom. The van der Waals surface area contributed by atoms with Gasteiger partial charge >= 0.3 is 0 Å². The Labute approximate surface area is 121 Å². The van der Waals surface area contributed by atoms with Crippen molar-refractivity contribution in [2.24, 2.45) is 5.73 Å². The first-order valence-electron chi connectivity index (χ1n) is 5.99. The summed E-state index contributed by atoms with van der Waals surface area (Å²) in [7, 11) is 0. The van der Waals surface area contributed by atoms with Crippen LogP contribution in [0.15, 0.2) is 36.4 Å². The van der Waals surface area contributed by atoms with Crippen LogP contribution in [0, 0.1) is 18.2 Å².